The van der Waals surface area contributed by atoms with Gasteiger partial charge in [-0.05, 0) is 31.0 Å². The van der Waals surface area contributed by atoms with Gasteiger partial charge in [-0.1, -0.05) is 13.8 Å². The molecular formula is C13H16FNO. The Bertz CT molecular complexity index is 502. The molecule has 0 saturated carbocycles. The van der Waals surface area contributed by atoms with E-state index in [4.69, 9.17) is 4.74 Å². The van der Waals surface area contributed by atoms with Crippen LogP contribution in [-0.4, -0.2) is 11.6 Å². The van der Waals surface area contributed by atoms with Crippen molar-refractivity contribution < 1.29 is 9.13 Å². The van der Waals surface area contributed by atoms with E-state index in [1.165, 1.54) is 0 Å². The molecule has 0 saturated heterocycles. The van der Waals surface area contributed by atoms with Gasteiger partial charge in [0.25, 0.3) is 0 Å². The predicted octanol–water partition coefficient (Wildman–Crippen LogP) is 3.83. The number of H-pyrrole nitrogens is 1. The highest BCUT2D eigenvalue weighted by atomic mass is 19.1. The average Bonchev–Trinajstić information content (AvgIpc) is 2.67. The number of hydrogen-bond acceptors (Lipinski definition) is 1. The maximum atomic E-state index is 14.0. The van der Waals surface area contributed by atoms with E-state index in [2.05, 4.69) is 18.8 Å². The zero-order valence-electron chi connectivity index (χ0n) is 9.80. The van der Waals surface area contributed by atoms with Crippen LogP contribution in [0.5, 0.6) is 5.75 Å². The van der Waals surface area contributed by atoms with Gasteiger partial charge in [0.2, 0.25) is 0 Å². The van der Waals surface area contributed by atoms with Crippen LogP contribution < -0.4 is 4.74 Å². The SMILES string of the molecule is CCOc1ccc2[nH]c(C(C)C)cc2c1F. The van der Waals surface area contributed by atoms with Gasteiger partial charge < -0.3 is 9.72 Å². The predicted molar refractivity (Wildman–Crippen MR) is 63.5 cm³/mol. The molecule has 1 aromatic carbocycles. The van der Waals surface area contributed by atoms with Gasteiger partial charge in [-0.15, -0.1) is 0 Å². The normalized spacial score (nSPS) is 11.3. The molecule has 1 heterocycles. The highest BCUT2D eigenvalue weighted by Crippen LogP contribution is 2.28. The minimum atomic E-state index is -0.275. The first-order valence-electron chi connectivity index (χ1n) is 5.57. The number of ether oxygens (including phenoxy) is 1. The molecule has 16 heavy (non-hydrogen) atoms. The molecule has 86 valence electrons. The summed E-state index contributed by atoms with van der Waals surface area (Å²) in [5.41, 5.74) is 1.87. The second kappa shape index (κ2) is 4.16. The van der Waals surface area contributed by atoms with E-state index in [0.29, 0.717) is 23.7 Å². The number of halogens is 1. The molecule has 0 radical (unpaired) electrons. The quantitative estimate of drug-likeness (QED) is 0.837. The van der Waals surface area contributed by atoms with Crippen molar-refractivity contribution in [3.8, 4) is 5.75 Å². The summed E-state index contributed by atoms with van der Waals surface area (Å²) in [6.45, 7) is 6.47. The first-order chi connectivity index (χ1) is 7.63. The molecular weight excluding hydrogens is 205 g/mol. The second-order valence-electron chi connectivity index (χ2n) is 4.15. The van der Waals surface area contributed by atoms with Gasteiger partial charge in [0.15, 0.2) is 11.6 Å². The molecule has 1 aromatic heterocycles. The van der Waals surface area contributed by atoms with E-state index >= 15 is 0 Å². The summed E-state index contributed by atoms with van der Waals surface area (Å²) in [6, 6.07) is 5.38. The van der Waals surface area contributed by atoms with Gasteiger partial charge in [-0.25, -0.2) is 4.39 Å². The summed E-state index contributed by atoms with van der Waals surface area (Å²) in [4.78, 5) is 3.21. The lowest BCUT2D eigenvalue weighted by atomic mass is 10.1. The van der Waals surface area contributed by atoms with Crippen LogP contribution in [0.15, 0.2) is 18.2 Å². The molecule has 0 bridgehead atoms. The molecule has 0 fully saturated rings. The van der Waals surface area contributed by atoms with Crippen molar-refractivity contribution in [3.05, 3.63) is 29.7 Å². The van der Waals surface area contributed by atoms with Crippen LogP contribution in [-0.2, 0) is 0 Å². The van der Waals surface area contributed by atoms with Gasteiger partial charge in [-0.2, -0.15) is 0 Å². The molecule has 0 aliphatic heterocycles. The Balaban J connectivity index is 2.55. The van der Waals surface area contributed by atoms with Crippen molar-refractivity contribution in [1.82, 2.24) is 4.98 Å². The summed E-state index contributed by atoms with van der Waals surface area (Å²) in [5, 5.41) is 0.606. The van der Waals surface area contributed by atoms with Crippen molar-refractivity contribution >= 4 is 10.9 Å². The summed E-state index contributed by atoms with van der Waals surface area (Å²) >= 11 is 0. The van der Waals surface area contributed by atoms with Gasteiger partial charge in [0.1, 0.15) is 0 Å². The molecule has 1 N–H and O–H groups in total. The van der Waals surface area contributed by atoms with E-state index in [9.17, 15) is 4.39 Å². The molecule has 0 amide bonds. The Morgan fingerprint density at radius 2 is 2.12 bits per heavy atom. The molecule has 0 aliphatic carbocycles. The smallest absolute Gasteiger partial charge is 0.174 e. The minimum Gasteiger partial charge on any atom is -0.491 e. The number of fused-ring (bicyclic) bond motifs is 1. The summed E-state index contributed by atoms with van der Waals surface area (Å²) < 4.78 is 19.2. The third-order valence-electron chi connectivity index (χ3n) is 2.65. The standard InChI is InChI=1S/C13H16FNO/c1-4-16-12-6-5-10-9(13(12)14)7-11(15-10)8(2)3/h5-8,15H,4H2,1-3H3. The highest BCUT2D eigenvalue weighted by molar-refractivity contribution is 5.83. The number of hydrogen-bond donors (Lipinski definition) is 1. The van der Waals surface area contributed by atoms with E-state index in [1.807, 2.05) is 19.1 Å². The van der Waals surface area contributed by atoms with Gasteiger partial charge in [0.05, 0.1) is 6.61 Å². The van der Waals surface area contributed by atoms with Crippen LogP contribution in [0.4, 0.5) is 4.39 Å². The van der Waals surface area contributed by atoms with Crippen molar-refractivity contribution in [2.75, 3.05) is 6.61 Å². The fourth-order valence-corrected chi connectivity index (χ4v) is 1.75. The Kier molecular flexibility index (Phi) is 2.86. The lowest BCUT2D eigenvalue weighted by Crippen LogP contribution is -1.94. The number of rotatable bonds is 3. The lowest BCUT2D eigenvalue weighted by Gasteiger charge is -2.04. The molecule has 0 aliphatic rings. The minimum absolute atomic E-state index is 0.275. The zero-order chi connectivity index (χ0) is 11.7. The highest BCUT2D eigenvalue weighted by Gasteiger charge is 2.12. The van der Waals surface area contributed by atoms with Crippen LogP contribution in [0, 0.1) is 5.82 Å². The number of aromatic amines is 1. The topological polar surface area (TPSA) is 25.0 Å². The zero-order valence-corrected chi connectivity index (χ0v) is 9.80. The third kappa shape index (κ3) is 1.77. The van der Waals surface area contributed by atoms with Crippen molar-refractivity contribution in [2.24, 2.45) is 0 Å². The molecule has 0 atom stereocenters. The first kappa shape index (κ1) is 11.0. The second-order valence-corrected chi connectivity index (χ2v) is 4.15. The molecule has 0 unspecified atom stereocenters. The van der Waals surface area contributed by atoms with Crippen LogP contribution in [0.3, 0.4) is 0 Å². The molecule has 2 rings (SSSR count). The number of benzene rings is 1. The monoisotopic (exact) mass is 221 g/mol. The Morgan fingerprint density at radius 3 is 2.75 bits per heavy atom. The van der Waals surface area contributed by atoms with Crippen LogP contribution >= 0.6 is 0 Å². The molecule has 0 spiro atoms. The van der Waals surface area contributed by atoms with E-state index in [0.717, 1.165) is 11.2 Å². The molecule has 3 heteroatoms. The Morgan fingerprint density at radius 1 is 1.38 bits per heavy atom. The van der Waals surface area contributed by atoms with Crippen molar-refractivity contribution in [3.63, 3.8) is 0 Å². The largest absolute Gasteiger partial charge is 0.491 e. The third-order valence-corrected chi connectivity index (χ3v) is 2.65. The van der Waals surface area contributed by atoms with Gasteiger partial charge >= 0.3 is 0 Å². The van der Waals surface area contributed by atoms with Crippen LogP contribution in [0.25, 0.3) is 10.9 Å². The summed E-state index contributed by atoms with van der Waals surface area (Å²) in [7, 11) is 0. The maximum Gasteiger partial charge on any atom is 0.174 e. The van der Waals surface area contributed by atoms with E-state index in [1.54, 1.807) is 6.07 Å². The first-order valence-corrected chi connectivity index (χ1v) is 5.57. The number of aromatic nitrogens is 1. The summed E-state index contributed by atoms with van der Waals surface area (Å²) in [5.74, 6) is 0.411. The van der Waals surface area contributed by atoms with Gasteiger partial charge in [0, 0.05) is 16.6 Å². The van der Waals surface area contributed by atoms with Crippen molar-refractivity contribution in [1.29, 1.82) is 0 Å². The van der Waals surface area contributed by atoms with Crippen LogP contribution in [0.1, 0.15) is 32.4 Å². The average molecular weight is 221 g/mol. The van der Waals surface area contributed by atoms with Gasteiger partial charge in [-0.3, -0.25) is 0 Å². The van der Waals surface area contributed by atoms with Crippen molar-refractivity contribution in [2.45, 2.75) is 26.7 Å². The molecule has 2 aromatic rings. The fraction of sp³-hybridized carbons (Fsp3) is 0.385. The maximum absolute atomic E-state index is 14.0. The molecule has 2 nitrogen and oxygen atoms in total. The fourth-order valence-electron chi connectivity index (χ4n) is 1.75. The number of nitrogens with one attached hydrogen (secondary N) is 1. The van der Waals surface area contributed by atoms with Crippen LogP contribution in [0.2, 0.25) is 0 Å². The lowest BCUT2D eigenvalue weighted by molar-refractivity contribution is 0.323. The van der Waals surface area contributed by atoms with E-state index < -0.39 is 0 Å². The summed E-state index contributed by atoms with van der Waals surface area (Å²) in [6.07, 6.45) is 0. The Labute approximate surface area is 94.4 Å². The Hall–Kier alpha value is -1.51. The van der Waals surface area contributed by atoms with E-state index in [-0.39, 0.29) is 5.82 Å².